The predicted octanol–water partition coefficient (Wildman–Crippen LogP) is -0.0159. The third kappa shape index (κ3) is 2.12. The molecule has 0 fully saturated rings. The molecule has 0 aromatic heterocycles. The van der Waals surface area contributed by atoms with Crippen molar-refractivity contribution in [3.8, 4) is 17.2 Å². The molecule has 0 aliphatic heterocycles. The van der Waals surface area contributed by atoms with E-state index in [9.17, 15) is 20.0 Å². The van der Waals surface area contributed by atoms with Gasteiger partial charge in [0.2, 0.25) is 11.5 Å². The molecule has 18 heavy (non-hydrogen) atoms. The van der Waals surface area contributed by atoms with Gasteiger partial charge in [-0.25, -0.2) is 0 Å². The van der Waals surface area contributed by atoms with Crippen LogP contribution in [0.1, 0.15) is 10.4 Å². The minimum atomic E-state index is -1.71. The molecule has 0 N–H and O–H groups in total. The molecule has 0 aliphatic rings. The Morgan fingerprint density at radius 3 is 2.06 bits per heavy atom. The number of nitro groups is 1. The lowest BCUT2D eigenvalue weighted by atomic mass is 10.1. The van der Waals surface area contributed by atoms with Crippen molar-refractivity contribution in [1.29, 1.82) is 0 Å². The number of benzene rings is 1. The lowest BCUT2D eigenvalue weighted by Crippen LogP contribution is -2.24. The number of nitro benzene ring substituents is 1. The van der Waals surface area contributed by atoms with Gasteiger partial charge in [0.05, 0.1) is 37.8 Å². The monoisotopic (exact) mass is 256 g/mol. The van der Waals surface area contributed by atoms with Crippen molar-refractivity contribution in [1.82, 2.24) is 0 Å². The van der Waals surface area contributed by atoms with Gasteiger partial charge in [-0.15, -0.1) is 0 Å². The van der Waals surface area contributed by atoms with Crippen LogP contribution in [0.5, 0.6) is 17.2 Å². The van der Waals surface area contributed by atoms with E-state index in [-0.39, 0.29) is 17.2 Å². The van der Waals surface area contributed by atoms with Crippen molar-refractivity contribution in [2.24, 2.45) is 0 Å². The summed E-state index contributed by atoms with van der Waals surface area (Å²) in [4.78, 5) is 20.9. The summed E-state index contributed by atoms with van der Waals surface area (Å²) in [6.45, 7) is 0. The molecule has 0 heterocycles. The van der Waals surface area contributed by atoms with Gasteiger partial charge in [-0.1, -0.05) is 0 Å². The second kappa shape index (κ2) is 5.21. The highest BCUT2D eigenvalue weighted by Gasteiger charge is 2.29. The molecule has 1 aromatic rings. The maximum absolute atomic E-state index is 10.9. The Balaban J connectivity index is 3.74. The van der Waals surface area contributed by atoms with Crippen LogP contribution in [0.2, 0.25) is 0 Å². The Morgan fingerprint density at radius 1 is 1.17 bits per heavy atom. The number of methoxy groups -OCH3 is 3. The van der Waals surface area contributed by atoms with Gasteiger partial charge in [0.15, 0.2) is 5.75 Å². The Bertz CT molecular complexity index is 497. The Hall–Kier alpha value is -2.51. The molecule has 0 bridgehead atoms. The van der Waals surface area contributed by atoms with Crippen molar-refractivity contribution in [2.45, 2.75) is 0 Å². The number of hydrogen-bond donors (Lipinski definition) is 0. The zero-order valence-corrected chi connectivity index (χ0v) is 9.88. The van der Waals surface area contributed by atoms with Crippen LogP contribution in [0.4, 0.5) is 5.69 Å². The summed E-state index contributed by atoms with van der Waals surface area (Å²) in [5.74, 6) is -2.10. The van der Waals surface area contributed by atoms with Crippen LogP contribution in [0.3, 0.4) is 0 Å². The first-order valence-electron chi connectivity index (χ1n) is 4.66. The van der Waals surface area contributed by atoms with E-state index < -0.39 is 22.1 Å². The van der Waals surface area contributed by atoms with Gasteiger partial charge in [0, 0.05) is 6.07 Å². The highest BCUT2D eigenvalue weighted by atomic mass is 16.6. The second-order valence-corrected chi connectivity index (χ2v) is 3.09. The minimum absolute atomic E-state index is 0.000787. The number of carbonyl (C=O) groups excluding carboxylic acids is 1. The van der Waals surface area contributed by atoms with Crippen molar-refractivity contribution < 1.29 is 29.0 Å². The molecule has 98 valence electrons. The van der Waals surface area contributed by atoms with Crippen molar-refractivity contribution in [2.75, 3.05) is 21.3 Å². The zero-order chi connectivity index (χ0) is 13.9. The number of rotatable bonds is 5. The number of hydrogen-bond acceptors (Lipinski definition) is 7. The second-order valence-electron chi connectivity index (χ2n) is 3.09. The van der Waals surface area contributed by atoms with E-state index in [0.717, 1.165) is 13.2 Å². The maximum Gasteiger partial charge on any atom is 0.324 e. The number of carbonyl (C=O) groups is 1. The van der Waals surface area contributed by atoms with Crippen molar-refractivity contribution in [3.05, 3.63) is 21.7 Å². The first kappa shape index (κ1) is 13.6. The quantitative estimate of drug-likeness (QED) is 0.537. The summed E-state index contributed by atoms with van der Waals surface area (Å²) in [5, 5.41) is 21.8. The first-order valence-corrected chi connectivity index (χ1v) is 4.66. The van der Waals surface area contributed by atoms with Crippen LogP contribution < -0.4 is 19.3 Å². The van der Waals surface area contributed by atoms with Gasteiger partial charge in [-0.2, -0.15) is 0 Å². The largest absolute Gasteiger partial charge is 0.545 e. The van der Waals surface area contributed by atoms with Crippen LogP contribution >= 0.6 is 0 Å². The molecule has 0 unspecified atom stereocenters. The highest BCUT2D eigenvalue weighted by molar-refractivity contribution is 5.94. The smallest absolute Gasteiger partial charge is 0.324 e. The predicted molar refractivity (Wildman–Crippen MR) is 57.1 cm³/mol. The van der Waals surface area contributed by atoms with Crippen LogP contribution in [-0.4, -0.2) is 32.2 Å². The summed E-state index contributed by atoms with van der Waals surface area (Å²) in [5.41, 5.74) is -1.38. The summed E-state index contributed by atoms with van der Waals surface area (Å²) in [6.07, 6.45) is 0. The van der Waals surface area contributed by atoms with Gasteiger partial charge in [-0.3, -0.25) is 10.1 Å². The van der Waals surface area contributed by atoms with Gasteiger partial charge in [-0.05, 0) is 0 Å². The normalized spacial score (nSPS) is 9.72. The molecule has 1 aromatic carbocycles. The van der Waals surface area contributed by atoms with E-state index in [1.54, 1.807) is 0 Å². The number of carboxylic acids is 1. The molecule has 0 saturated heterocycles. The van der Waals surface area contributed by atoms with Crippen molar-refractivity contribution >= 4 is 11.7 Å². The average molecular weight is 256 g/mol. The third-order valence-electron chi connectivity index (χ3n) is 2.21. The van der Waals surface area contributed by atoms with Crippen molar-refractivity contribution in [3.63, 3.8) is 0 Å². The maximum atomic E-state index is 10.9. The summed E-state index contributed by atoms with van der Waals surface area (Å²) in [6, 6.07) is 0.953. The molecule has 0 amide bonds. The van der Waals surface area contributed by atoms with Gasteiger partial charge in [0.1, 0.15) is 0 Å². The van der Waals surface area contributed by atoms with Gasteiger partial charge in [0.25, 0.3) is 0 Å². The summed E-state index contributed by atoms with van der Waals surface area (Å²) < 4.78 is 14.6. The standard InChI is InChI=1S/C10H11NO7/c1-16-6-4-5(10(12)13)7(11(14)15)9(18-3)8(6)17-2/h4H,1-3H3,(H,12,13)/p-1. The van der Waals surface area contributed by atoms with E-state index in [1.807, 2.05) is 0 Å². The van der Waals surface area contributed by atoms with E-state index in [2.05, 4.69) is 0 Å². The molecule has 1 rings (SSSR count). The fourth-order valence-electron chi connectivity index (χ4n) is 1.48. The topological polar surface area (TPSA) is 111 Å². The van der Waals surface area contributed by atoms with Crippen LogP contribution in [0.15, 0.2) is 6.07 Å². The van der Waals surface area contributed by atoms with Gasteiger partial charge < -0.3 is 24.1 Å². The lowest BCUT2D eigenvalue weighted by molar-refractivity contribution is -0.386. The molecule has 0 atom stereocenters. The van der Waals surface area contributed by atoms with E-state index in [4.69, 9.17) is 14.2 Å². The number of ether oxygens (including phenoxy) is 3. The number of aromatic carboxylic acids is 1. The van der Waals surface area contributed by atoms with Crippen LogP contribution in [0.25, 0.3) is 0 Å². The molecule has 0 radical (unpaired) electrons. The van der Waals surface area contributed by atoms with E-state index in [0.29, 0.717) is 0 Å². The Labute approximate surface area is 102 Å². The third-order valence-corrected chi connectivity index (χ3v) is 2.21. The molecule has 8 heteroatoms. The Morgan fingerprint density at radius 2 is 1.72 bits per heavy atom. The zero-order valence-electron chi connectivity index (χ0n) is 9.88. The summed E-state index contributed by atoms with van der Waals surface area (Å²) >= 11 is 0. The summed E-state index contributed by atoms with van der Waals surface area (Å²) in [7, 11) is 3.67. The Kier molecular flexibility index (Phi) is 3.93. The fourth-order valence-corrected chi connectivity index (χ4v) is 1.48. The van der Waals surface area contributed by atoms with E-state index >= 15 is 0 Å². The SMILES string of the molecule is COc1cc(C(=O)[O-])c([N+](=O)[O-])c(OC)c1OC. The molecule has 0 saturated carbocycles. The van der Waals surface area contributed by atoms with Gasteiger partial charge >= 0.3 is 5.69 Å². The molecule has 0 aliphatic carbocycles. The average Bonchev–Trinajstić information content (AvgIpc) is 2.35. The molecule has 8 nitrogen and oxygen atoms in total. The van der Waals surface area contributed by atoms with E-state index in [1.165, 1.54) is 14.2 Å². The van der Waals surface area contributed by atoms with Crippen LogP contribution in [-0.2, 0) is 0 Å². The number of nitrogens with zero attached hydrogens (tertiary/aromatic N) is 1. The first-order chi connectivity index (χ1) is 8.47. The van der Waals surface area contributed by atoms with Crippen LogP contribution in [0, 0.1) is 10.1 Å². The molecule has 0 spiro atoms. The highest BCUT2D eigenvalue weighted by Crippen LogP contribution is 2.45. The molecular weight excluding hydrogens is 246 g/mol. The molecular formula is C10H10NO7-. The minimum Gasteiger partial charge on any atom is -0.545 e. The number of carboxylic acid groups (broad SMARTS) is 1. The fraction of sp³-hybridized carbons (Fsp3) is 0.300. The lowest BCUT2D eigenvalue weighted by Gasteiger charge is -2.15.